The van der Waals surface area contributed by atoms with Crippen molar-refractivity contribution in [3.8, 4) is 0 Å². The van der Waals surface area contributed by atoms with Crippen molar-refractivity contribution in [2.45, 2.75) is 56.4 Å². The Morgan fingerprint density at radius 3 is 2.81 bits per heavy atom. The van der Waals surface area contributed by atoms with Crippen LogP contribution in [0.25, 0.3) is 0 Å². The summed E-state index contributed by atoms with van der Waals surface area (Å²) in [7, 11) is -0.647. The lowest BCUT2D eigenvalue weighted by Crippen LogP contribution is -2.49. The second kappa shape index (κ2) is 6.12. The predicted octanol–water partition coefficient (Wildman–Crippen LogP) is 1.44. The first-order valence-electron chi connectivity index (χ1n) is 6.52. The summed E-state index contributed by atoms with van der Waals surface area (Å²) < 4.78 is 17.4. The third kappa shape index (κ3) is 3.05. The van der Waals surface area contributed by atoms with Gasteiger partial charge in [0, 0.05) is 35.2 Å². The van der Waals surface area contributed by atoms with Crippen LogP contribution in [0.3, 0.4) is 0 Å². The van der Waals surface area contributed by atoms with Crippen molar-refractivity contribution >= 4 is 10.8 Å². The molecule has 0 spiro atoms. The molecule has 0 aromatic carbocycles. The molecule has 2 rings (SSSR count). The Balaban J connectivity index is 1.90. The Morgan fingerprint density at radius 2 is 2.12 bits per heavy atom. The van der Waals surface area contributed by atoms with Crippen LogP contribution in [0.5, 0.6) is 0 Å². The maximum atomic E-state index is 12.0. The first-order valence-corrected chi connectivity index (χ1v) is 7.90. The van der Waals surface area contributed by atoms with Gasteiger partial charge < -0.3 is 10.1 Å². The van der Waals surface area contributed by atoms with E-state index in [-0.39, 0.29) is 0 Å². The van der Waals surface area contributed by atoms with Gasteiger partial charge in [-0.15, -0.1) is 0 Å². The molecule has 0 amide bonds. The monoisotopic (exact) mass is 245 g/mol. The summed E-state index contributed by atoms with van der Waals surface area (Å²) in [5, 5.41) is 4.04. The third-order valence-corrected chi connectivity index (χ3v) is 5.51. The van der Waals surface area contributed by atoms with Crippen LogP contribution in [-0.2, 0) is 15.5 Å². The Bertz CT molecular complexity index is 241. The maximum Gasteiger partial charge on any atom is 0.0620 e. The van der Waals surface area contributed by atoms with Gasteiger partial charge in [-0.25, -0.2) is 0 Å². The fourth-order valence-electron chi connectivity index (χ4n) is 2.78. The number of ether oxygens (including phenoxy) is 1. The molecule has 1 heterocycles. The Hall–Kier alpha value is 0.0700. The van der Waals surface area contributed by atoms with E-state index in [4.69, 9.17) is 4.74 Å². The van der Waals surface area contributed by atoms with E-state index in [1.165, 1.54) is 19.3 Å². The van der Waals surface area contributed by atoms with Crippen molar-refractivity contribution in [3.05, 3.63) is 0 Å². The van der Waals surface area contributed by atoms with Crippen LogP contribution in [0.1, 0.15) is 39.0 Å². The van der Waals surface area contributed by atoms with Gasteiger partial charge >= 0.3 is 0 Å². The third-order valence-electron chi connectivity index (χ3n) is 3.70. The number of nitrogens with one attached hydrogen (secondary N) is 1. The fraction of sp³-hybridized carbons (Fsp3) is 1.00. The number of hydrogen-bond donors (Lipinski definition) is 1. The highest BCUT2D eigenvalue weighted by Gasteiger charge is 2.31. The summed E-state index contributed by atoms with van der Waals surface area (Å²) in [4.78, 5) is 0. The van der Waals surface area contributed by atoms with E-state index < -0.39 is 10.8 Å². The van der Waals surface area contributed by atoms with Crippen LogP contribution in [0, 0.1) is 0 Å². The molecule has 0 bridgehead atoms. The number of rotatable bonds is 4. The van der Waals surface area contributed by atoms with Gasteiger partial charge in [0.2, 0.25) is 0 Å². The quantitative estimate of drug-likeness (QED) is 0.814. The van der Waals surface area contributed by atoms with E-state index in [1.54, 1.807) is 0 Å². The molecule has 1 saturated carbocycles. The summed E-state index contributed by atoms with van der Waals surface area (Å²) in [6, 6.07) is 0.959. The summed E-state index contributed by atoms with van der Waals surface area (Å²) in [5.74, 6) is 0.796. The van der Waals surface area contributed by atoms with Crippen molar-refractivity contribution in [3.63, 3.8) is 0 Å². The van der Waals surface area contributed by atoms with Gasteiger partial charge in [-0.1, -0.05) is 19.8 Å². The minimum Gasteiger partial charge on any atom is -0.380 e. The maximum absolute atomic E-state index is 12.0. The molecule has 0 aromatic heterocycles. The average Bonchev–Trinajstić information content (AvgIpc) is 2.82. The van der Waals surface area contributed by atoms with Crippen LogP contribution in [0.4, 0.5) is 0 Å². The molecule has 2 fully saturated rings. The van der Waals surface area contributed by atoms with Crippen molar-refractivity contribution in [2.24, 2.45) is 0 Å². The van der Waals surface area contributed by atoms with E-state index in [0.29, 0.717) is 17.3 Å². The SMILES string of the molecule is CCS(=O)C1CCCCC1NC1CCOC1. The zero-order chi connectivity index (χ0) is 11.4. The lowest BCUT2D eigenvalue weighted by atomic mass is 9.94. The highest BCUT2D eigenvalue weighted by molar-refractivity contribution is 7.85. The molecular weight excluding hydrogens is 222 g/mol. The van der Waals surface area contributed by atoms with Crippen molar-refractivity contribution in [1.29, 1.82) is 0 Å². The molecule has 3 nitrogen and oxygen atoms in total. The van der Waals surface area contributed by atoms with E-state index in [0.717, 1.165) is 31.8 Å². The summed E-state index contributed by atoms with van der Waals surface area (Å²) in [6.45, 7) is 3.74. The normalized spacial score (nSPS) is 37.4. The molecule has 4 heteroatoms. The van der Waals surface area contributed by atoms with Gasteiger partial charge in [-0.05, 0) is 19.3 Å². The molecule has 1 saturated heterocycles. The highest BCUT2D eigenvalue weighted by atomic mass is 32.2. The fourth-order valence-corrected chi connectivity index (χ4v) is 4.22. The van der Waals surface area contributed by atoms with Gasteiger partial charge in [0.1, 0.15) is 0 Å². The van der Waals surface area contributed by atoms with E-state index >= 15 is 0 Å². The van der Waals surface area contributed by atoms with Gasteiger partial charge in [-0.2, -0.15) is 0 Å². The molecule has 94 valence electrons. The molecule has 0 radical (unpaired) electrons. The van der Waals surface area contributed by atoms with Crippen LogP contribution in [-0.4, -0.2) is 40.5 Å². The van der Waals surface area contributed by atoms with Crippen LogP contribution >= 0.6 is 0 Å². The second-order valence-corrected chi connectivity index (χ2v) is 6.77. The van der Waals surface area contributed by atoms with Crippen molar-refractivity contribution in [1.82, 2.24) is 5.32 Å². The predicted molar refractivity (Wildman–Crippen MR) is 67.1 cm³/mol. The average molecular weight is 245 g/mol. The number of hydrogen-bond acceptors (Lipinski definition) is 3. The van der Waals surface area contributed by atoms with E-state index in [9.17, 15) is 4.21 Å². The molecule has 16 heavy (non-hydrogen) atoms. The Labute approximate surface area is 101 Å². The van der Waals surface area contributed by atoms with Crippen LogP contribution in [0.2, 0.25) is 0 Å². The molecule has 1 N–H and O–H groups in total. The minimum atomic E-state index is -0.647. The van der Waals surface area contributed by atoms with E-state index in [2.05, 4.69) is 5.32 Å². The first-order chi connectivity index (χ1) is 7.81. The largest absolute Gasteiger partial charge is 0.380 e. The smallest absolute Gasteiger partial charge is 0.0620 e. The van der Waals surface area contributed by atoms with Crippen LogP contribution in [0.15, 0.2) is 0 Å². The van der Waals surface area contributed by atoms with Crippen LogP contribution < -0.4 is 5.32 Å². The lowest BCUT2D eigenvalue weighted by molar-refractivity contribution is 0.186. The van der Waals surface area contributed by atoms with Gasteiger partial charge in [0.25, 0.3) is 0 Å². The van der Waals surface area contributed by atoms with Gasteiger partial charge in [0.05, 0.1) is 11.9 Å². The summed E-state index contributed by atoms with van der Waals surface area (Å²) in [6.07, 6.45) is 5.96. The molecular formula is C12H23NO2S. The molecule has 4 unspecified atom stereocenters. The minimum absolute atomic E-state index is 0.374. The van der Waals surface area contributed by atoms with Crippen molar-refractivity contribution < 1.29 is 8.95 Å². The van der Waals surface area contributed by atoms with Gasteiger partial charge in [-0.3, -0.25) is 4.21 Å². The summed E-state index contributed by atoms with van der Waals surface area (Å²) >= 11 is 0. The zero-order valence-electron chi connectivity index (χ0n) is 10.1. The molecule has 0 aromatic rings. The Morgan fingerprint density at radius 1 is 1.31 bits per heavy atom. The molecule has 2 aliphatic rings. The second-order valence-electron chi connectivity index (χ2n) is 4.83. The summed E-state index contributed by atoms with van der Waals surface area (Å²) in [5.41, 5.74) is 0. The first kappa shape index (κ1) is 12.5. The molecule has 4 atom stereocenters. The Kier molecular flexibility index (Phi) is 4.79. The highest BCUT2D eigenvalue weighted by Crippen LogP contribution is 2.24. The molecule has 1 aliphatic heterocycles. The lowest BCUT2D eigenvalue weighted by Gasteiger charge is -2.33. The van der Waals surface area contributed by atoms with Gasteiger partial charge in [0.15, 0.2) is 0 Å². The topological polar surface area (TPSA) is 38.3 Å². The molecule has 1 aliphatic carbocycles. The van der Waals surface area contributed by atoms with E-state index in [1.807, 2.05) is 6.92 Å². The standard InChI is InChI=1S/C12H23NO2S/c1-2-16(14)12-6-4-3-5-11(12)13-10-7-8-15-9-10/h10-13H,2-9H2,1H3. The van der Waals surface area contributed by atoms with Crippen molar-refractivity contribution in [2.75, 3.05) is 19.0 Å². The zero-order valence-corrected chi connectivity index (χ0v) is 10.9.